The molecule has 2 aromatic rings. The Kier molecular flexibility index (Phi) is 7.44. The lowest BCUT2D eigenvalue weighted by Gasteiger charge is -2.39. The van der Waals surface area contributed by atoms with Crippen LogP contribution in [0, 0.1) is 0 Å². The number of ether oxygens (including phenoxy) is 2. The Labute approximate surface area is 228 Å². The van der Waals surface area contributed by atoms with Crippen molar-refractivity contribution in [3.63, 3.8) is 0 Å². The summed E-state index contributed by atoms with van der Waals surface area (Å²) in [6.07, 6.45) is 8.61. The minimum atomic E-state index is -0.984. The summed E-state index contributed by atoms with van der Waals surface area (Å²) in [4.78, 5) is 49.0. The summed E-state index contributed by atoms with van der Waals surface area (Å²) in [6.45, 7) is 7.34. The fourth-order valence-corrected chi connectivity index (χ4v) is 4.89. The van der Waals surface area contributed by atoms with E-state index in [9.17, 15) is 14.4 Å². The Balaban J connectivity index is 1.18. The summed E-state index contributed by atoms with van der Waals surface area (Å²) in [7, 11) is 0. The van der Waals surface area contributed by atoms with Crippen LogP contribution in [0.5, 0.6) is 0 Å². The van der Waals surface area contributed by atoms with E-state index in [0.29, 0.717) is 23.7 Å². The van der Waals surface area contributed by atoms with Gasteiger partial charge in [0.2, 0.25) is 0 Å². The van der Waals surface area contributed by atoms with Gasteiger partial charge < -0.3 is 19.7 Å². The molecule has 3 amide bonds. The van der Waals surface area contributed by atoms with Crippen LogP contribution >= 0.6 is 0 Å². The normalized spacial score (nSPS) is 20.4. The first-order valence-corrected chi connectivity index (χ1v) is 13.5. The summed E-state index contributed by atoms with van der Waals surface area (Å²) in [5.74, 6) is -0.328. The SMILES string of the molecule is CC(C)(C)OC(=O)N[C@@H]1CCCN(c2ccc(C3(C(=O)NNC(=O)c4cncc(C5CC5)c4)COC3)nc2)C1. The van der Waals surface area contributed by atoms with Crippen LogP contribution in [0.25, 0.3) is 0 Å². The number of amides is 3. The van der Waals surface area contributed by atoms with Crippen LogP contribution in [0.3, 0.4) is 0 Å². The molecular formula is C28H36N6O5. The van der Waals surface area contributed by atoms with Crippen molar-refractivity contribution in [2.45, 2.75) is 69.4 Å². The van der Waals surface area contributed by atoms with Gasteiger partial charge in [0.15, 0.2) is 0 Å². The Bertz CT molecular complexity index is 1220. The third kappa shape index (κ3) is 6.30. The predicted octanol–water partition coefficient (Wildman–Crippen LogP) is 2.58. The first kappa shape index (κ1) is 26.9. The van der Waals surface area contributed by atoms with E-state index in [1.807, 2.05) is 39.0 Å². The predicted molar refractivity (Wildman–Crippen MR) is 143 cm³/mol. The van der Waals surface area contributed by atoms with E-state index in [4.69, 9.17) is 9.47 Å². The minimum absolute atomic E-state index is 0.0331. The largest absolute Gasteiger partial charge is 0.444 e. The summed E-state index contributed by atoms with van der Waals surface area (Å²) in [6, 6.07) is 5.55. The van der Waals surface area contributed by atoms with Gasteiger partial charge in [-0.15, -0.1) is 0 Å². The Morgan fingerprint density at radius 3 is 2.51 bits per heavy atom. The van der Waals surface area contributed by atoms with Crippen molar-refractivity contribution in [1.29, 1.82) is 0 Å². The van der Waals surface area contributed by atoms with Gasteiger partial charge >= 0.3 is 6.09 Å². The van der Waals surface area contributed by atoms with E-state index >= 15 is 0 Å². The van der Waals surface area contributed by atoms with Gasteiger partial charge in [-0.1, -0.05) is 0 Å². The topological polar surface area (TPSA) is 135 Å². The van der Waals surface area contributed by atoms with Crippen molar-refractivity contribution >= 4 is 23.6 Å². The average Bonchev–Trinajstić information content (AvgIpc) is 3.72. The number of carbonyl (C=O) groups is 3. The monoisotopic (exact) mass is 536 g/mol. The highest BCUT2D eigenvalue weighted by Gasteiger charge is 2.49. The summed E-state index contributed by atoms with van der Waals surface area (Å²) >= 11 is 0. The molecule has 0 unspecified atom stereocenters. The van der Waals surface area contributed by atoms with Crippen molar-refractivity contribution in [2.24, 2.45) is 0 Å². The molecule has 1 atom stereocenters. The maximum absolute atomic E-state index is 13.2. The molecule has 0 spiro atoms. The molecule has 0 aromatic carbocycles. The highest BCUT2D eigenvalue weighted by molar-refractivity contribution is 5.97. The van der Waals surface area contributed by atoms with Crippen molar-refractivity contribution in [2.75, 3.05) is 31.2 Å². The second kappa shape index (κ2) is 10.8. The number of piperidine rings is 1. The molecule has 3 aliphatic rings. The number of aromatic nitrogens is 2. The molecule has 1 aliphatic carbocycles. The number of alkyl carbamates (subject to hydrolysis) is 1. The van der Waals surface area contributed by atoms with Gasteiger partial charge in [0, 0.05) is 31.5 Å². The van der Waals surface area contributed by atoms with Gasteiger partial charge in [-0.2, -0.15) is 0 Å². The molecule has 208 valence electrons. The van der Waals surface area contributed by atoms with E-state index < -0.39 is 23.0 Å². The highest BCUT2D eigenvalue weighted by Crippen LogP contribution is 2.39. The van der Waals surface area contributed by atoms with Crippen LogP contribution in [0.1, 0.15) is 74.0 Å². The zero-order valence-corrected chi connectivity index (χ0v) is 22.7. The summed E-state index contributed by atoms with van der Waals surface area (Å²) in [5, 5.41) is 2.96. The van der Waals surface area contributed by atoms with Gasteiger partial charge in [-0.05, 0) is 76.1 Å². The maximum atomic E-state index is 13.2. The number of nitrogens with one attached hydrogen (secondary N) is 3. The molecule has 3 fully saturated rings. The van der Waals surface area contributed by atoms with Gasteiger partial charge in [0.25, 0.3) is 11.8 Å². The fourth-order valence-electron chi connectivity index (χ4n) is 4.89. The number of rotatable bonds is 6. The standard InChI is InChI=1S/C28H36N6O5/c1-27(2,3)39-26(37)31-21-5-4-10-34(15-21)22-8-9-23(30-14-22)28(16-38-17-28)25(36)33-32-24(35)20-11-19(12-29-13-20)18-6-7-18/h8-9,11-14,18,21H,4-7,10,15-17H2,1-3H3,(H,31,37)(H,32,35)(H,33,36)/t21-/m1/s1. The van der Waals surface area contributed by atoms with E-state index in [1.54, 1.807) is 12.4 Å². The number of hydrogen-bond acceptors (Lipinski definition) is 8. The summed E-state index contributed by atoms with van der Waals surface area (Å²) in [5.41, 5.74) is 6.46. The number of carbonyl (C=O) groups excluding carboxylic acids is 3. The van der Waals surface area contributed by atoms with Crippen LogP contribution < -0.4 is 21.1 Å². The van der Waals surface area contributed by atoms with Crippen LogP contribution in [0.4, 0.5) is 10.5 Å². The van der Waals surface area contributed by atoms with Crippen LogP contribution in [0.2, 0.25) is 0 Å². The van der Waals surface area contributed by atoms with Crippen molar-refractivity contribution < 1.29 is 23.9 Å². The Morgan fingerprint density at radius 2 is 1.87 bits per heavy atom. The fraction of sp³-hybridized carbons (Fsp3) is 0.536. The third-order valence-corrected chi connectivity index (χ3v) is 7.24. The van der Waals surface area contributed by atoms with Gasteiger partial charge in [0.05, 0.1) is 36.4 Å². The number of nitrogens with zero attached hydrogens (tertiary/aromatic N) is 3. The quantitative estimate of drug-likeness (QED) is 0.480. The molecule has 11 nitrogen and oxygen atoms in total. The maximum Gasteiger partial charge on any atom is 0.407 e. The molecule has 2 aliphatic heterocycles. The molecule has 3 N–H and O–H groups in total. The number of hydrazine groups is 1. The average molecular weight is 537 g/mol. The molecule has 2 aromatic heterocycles. The van der Waals surface area contributed by atoms with Crippen molar-refractivity contribution in [3.05, 3.63) is 53.6 Å². The zero-order valence-electron chi connectivity index (χ0n) is 22.7. The van der Waals surface area contributed by atoms with Gasteiger partial charge in [-0.3, -0.25) is 30.4 Å². The van der Waals surface area contributed by atoms with Gasteiger partial charge in [-0.25, -0.2) is 4.79 Å². The number of hydrogen-bond donors (Lipinski definition) is 3. The molecule has 4 heterocycles. The first-order chi connectivity index (χ1) is 18.6. The zero-order chi connectivity index (χ0) is 27.6. The van der Waals surface area contributed by atoms with E-state index in [0.717, 1.165) is 43.5 Å². The Morgan fingerprint density at radius 1 is 1.08 bits per heavy atom. The first-order valence-electron chi connectivity index (χ1n) is 13.5. The lowest BCUT2D eigenvalue weighted by atomic mass is 9.81. The minimum Gasteiger partial charge on any atom is -0.444 e. The molecule has 11 heteroatoms. The molecule has 5 rings (SSSR count). The highest BCUT2D eigenvalue weighted by atomic mass is 16.6. The molecular weight excluding hydrogens is 500 g/mol. The van der Waals surface area contributed by atoms with Crippen LogP contribution in [0.15, 0.2) is 36.8 Å². The van der Waals surface area contributed by atoms with E-state index in [1.165, 1.54) is 6.20 Å². The van der Waals surface area contributed by atoms with Crippen molar-refractivity contribution in [3.8, 4) is 0 Å². The second-order valence-electron chi connectivity index (χ2n) is 11.6. The van der Waals surface area contributed by atoms with E-state index in [2.05, 4.69) is 31.0 Å². The third-order valence-electron chi connectivity index (χ3n) is 7.24. The van der Waals surface area contributed by atoms with Gasteiger partial charge in [0.1, 0.15) is 11.0 Å². The molecule has 0 bridgehead atoms. The number of pyridine rings is 2. The smallest absolute Gasteiger partial charge is 0.407 e. The lowest BCUT2D eigenvalue weighted by Crippen LogP contribution is -2.61. The molecule has 0 radical (unpaired) electrons. The summed E-state index contributed by atoms with van der Waals surface area (Å²) < 4.78 is 10.8. The van der Waals surface area contributed by atoms with Crippen molar-refractivity contribution in [1.82, 2.24) is 26.1 Å². The Hall–Kier alpha value is -3.73. The van der Waals surface area contributed by atoms with Crippen LogP contribution in [-0.2, 0) is 19.7 Å². The molecule has 1 saturated carbocycles. The molecule has 2 saturated heterocycles. The number of anilines is 1. The second-order valence-corrected chi connectivity index (χ2v) is 11.6. The van der Waals surface area contributed by atoms with E-state index in [-0.39, 0.29) is 25.2 Å². The molecule has 39 heavy (non-hydrogen) atoms. The van der Waals surface area contributed by atoms with Crippen LogP contribution in [-0.4, -0.2) is 65.8 Å². The lowest BCUT2D eigenvalue weighted by molar-refractivity contribution is -0.146.